The zero-order chi connectivity index (χ0) is 9.97. The van der Waals surface area contributed by atoms with Gasteiger partial charge in [0.2, 0.25) is 0 Å². The van der Waals surface area contributed by atoms with E-state index in [4.69, 9.17) is 0 Å². The maximum absolute atomic E-state index is 4.54. The molecule has 1 aliphatic heterocycles. The summed E-state index contributed by atoms with van der Waals surface area (Å²) in [7, 11) is 0. The zero-order valence-corrected chi connectivity index (χ0v) is 9.60. The van der Waals surface area contributed by atoms with Crippen LogP contribution in [0, 0.1) is 6.92 Å². The number of hydrogen-bond acceptors (Lipinski definition) is 4. The zero-order valence-electron chi connectivity index (χ0n) is 8.79. The van der Waals surface area contributed by atoms with Gasteiger partial charge in [-0.15, -0.1) is 11.3 Å². The third kappa shape index (κ3) is 2.13. The number of piperazine rings is 1. The largest absolute Gasteiger partial charge is 0.314 e. The Hall–Kier alpha value is -0.450. The van der Waals surface area contributed by atoms with Crippen molar-refractivity contribution in [1.29, 1.82) is 0 Å². The highest BCUT2D eigenvalue weighted by atomic mass is 32.1. The van der Waals surface area contributed by atoms with Crippen molar-refractivity contribution in [3.8, 4) is 0 Å². The minimum atomic E-state index is 0.482. The standard InChI is InChI=1S/C10H17N3S/c1-8-7-14-10(12-8)9(2)13-5-3-11-4-6-13/h7,9,11H,3-6H2,1-2H3/t9-/m0/s1. The minimum absolute atomic E-state index is 0.482. The first-order valence-corrected chi connectivity index (χ1v) is 6.02. The molecule has 0 aromatic carbocycles. The second-order valence-corrected chi connectivity index (χ2v) is 4.68. The van der Waals surface area contributed by atoms with E-state index in [1.54, 1.807) is 11.3 Å². The van der Waals surface area contributed by atoms with Gasteiger partial charge in [-0.25, -0.2) is 4.98 Å². The lowest BCUT2D eigenvalue weighted by molar-refractivity contribution is 0.185. The van der Waals surface area contributed by atoms with E-state index < -0.39 is 0 Å². The van der Waals surface area contributed by atoms with Crippen molar-refractivity contribution in [1.82, 2.24) is 15.2 Å². The molecule has 78 valence electrons. The topological polar surface area (TPSA) is 28.2 Å². The molecule has 1 atom stereocenters. The number of nitrogens with zero attached hydrogens (tertiary/aromatic N) is 2. The van der Waals surface area contributed by atoms with Gasteiger partial charge in [0.25, 0.3) is 0 Å². The van der Waals surface area contributed by atoms with Crippen LogP contribution in [-0.4, -0.2) is 36.1 Å². The van der Waals surface area contributed by atoms with Gasteiger partial charge in [0.1, 0.15) is 5.01 Å². The molecule has 2 rings (SSSR count). The molecule has 0 aliphatic carbocycles. The number of aryl methyl sites for hydroxylation is 1. The van der Waals surface area contributed by atoms with Crippen LogP contribution in [-0.2, 0) is 0 Å². The molecular weight excluding hydrogens is 194 g/mol. The van der Waals surface area contributed by atoms with Crippen molar-refractivity contribution < 1.29 is 0 Å². The first-order chi connectivity index (χ1) is 6.77. The lowest BCUT2D eigenvalue weighted by Crippen LogP contribution is -2.44. The summed E-state index contributed by atoms with van der Waals surface area (Å²) >= 11 is 1.78. The first-order valence-electron chi connectivity index (χ1n) is 5.14. The molecule has 1 saturated heterocycles. The summed E-state index contributed by atoms with van der Waals surface area (Å²) in [5, 5.41) is 6.75. The molecule has 1 aromatic heterocycles. The maximum atomic E-state index is 4.54. The van der Waals surface area contributed by atoms with Crippen LogP contribution in [0.25, 0.3) is 0 Å². The summed E-state index contributed by atoms with van der Waals surface area (Å²) < 4.78 is 0. The molecule has 0 bridgehead atoms. The fraction of sp³-hybridized carbons (Fsp3) is 0.700. The SMILES string of the molecule is Cc1csc([C@H](C)N2CCNCC2)n1. The van der Waals surface area contributed by atoms with Crippen LogP contribution in [0.5, 0.6) is 0 Å². The molecule has 14 heavy (non-hydrogen) atoms. The monoisotopic (exact) mass is 211 g/mol. The highest BCUT2D eigenvalue weighted by molar-refractivity contribution is 7.09. The Morgan fingerprint density at radius 1 is 1.50 bits per heavy atom. The van der Waals surface area contributed by atoms with E-state index in [1.165, 1.54) is 5.01 Å². The number of thiazole rings is 1. The summed E-state index contributed by atoms with van der Waals surface area (Å²) in [5.41, 5.74) is 1.15. The van der Waals surface area contributed by atoms with Crippen LogP contribution < -0.4 is 5.32 Å². The number of aromatic nitrogens is 1. The third-order valence-electron chi connectivity index (χ3n) is 2.69. The van der Waals surface area contributed by atoms with Gasteiger partial charge in [-0.1, -0.05) is 0 Å². The van der Waals surface area contributed by atoms with E-state index in [1.807, 2.05) is 0 Å². The van der Waals surface area contributed by atoms with Gasteiger partial charge in [-0.2, -0.15) is 0 Å². The van der Waals surface area contributed by atoms with Gasteiger partial charge in [0.15, 0.2) is 0 Å². The van der Waals surface area contributed by atoms with E-state index in [-0.39, 0.29) is 0 Å². The third-order valence-corrected chi connectivity index (χ3v) is 3.83. The molecule has 1 N–H and O–H groups in total. The van der Waals surface area contributed by atoms with Gasteiger partial charge in [0.05, 0.1) is 6.04 Å². The van der Waals surface area contributed by atoms with Crippen LogP contribution in [0.2, 0.25) is 0 Å². The van der Waals surface area contributed by atoms with E-state index in [0.717, 1.165) is 31.9 Å². The molecule has 1 aromatic rings. The maximum Gasteiger partial charge on any atom is 0.110 e. The summed E-state index contributed by atoms with van der Waals surface area (Å²) in [6.07, 6.45) is 0. The summed E-state index contributed by atoms with van der Waals surface area (Å²) in [6.45, 7) is 8.80. The molecule has 0 saturated carbocycles. The quantitative estimate of drug-likeness (QED) is 0.802. The Morgan fingerprint density at radius 2 is 2.21 bits per heavy atom. The van der Waals surface area contributed by atoms with E-state index in [0.29, 0.717) is 6.04 Å². The van der Waals surface area contributed by atoms with Crippen molar-refractivity contribution in [2.75, 3.05) is 26.2 Å². The number of hydrogen-bond donors (Lipinski definition) is 1. The minimum Gasteiger partial charge on any atom is -0.314 e. The predicted octanol–water partition coefficient (Wildman–Crippen LogP) is 1.42. The fourth-order valence-electron chi connectivity index (χ4n) is 1.79. The average Bonchev–Trinajstić information content (AvgIpc) is 2.65. The Balaban J connectivity index is 2.03. The molecule has 0 radical (unpaired) electrons. The molecule has 4 heteroatoms. The second-order valence-electron chi connectivity index (χ2n) is 3.79. The van der Waals surface area contributed by atoms with Crippen molar-refractivity contribution >= 4 is 11.3 Å². The summed E-state index contributed by atoms with van der Waals surface area (Å²) in [6, 6.07) is 0.482. The van der Waals surface area contributed by atoms with Crippen LogP contribution in [0.4, 0.5) is 0 Å². The molecule has 0 unspecified atom stereocenters. The molecule has 2 heterocycles. The normalized spacial score (nSPS) is 21.0. The highest BCUT2D eigenvalue weighted by Crippen LogP contribution is 2.23. The lowest BCUT2D eigenvalue weighted by atomic mass is 10.2. The Labute approximate surface area is 89.1 Å². The van der Waals surface area contributed by atoms with Gasteiger partial charge in [0, 0.05) is 37.3 Å². The second kappa shape index (κ2) is 4.38. The van der Waals surface area contributed by atoms with Crippen molar-refractivity contribution in [2.24, 2.45) is 0 Å². The van der Waals surface area contributed by atoms with Crippen LogP contribution in [0.15, 0.2) is 5.38 Å². The van der Waals surface area contributed by atoms with Crippen molar-refractivity contribution in [2.45, 2.75) is 19.9 Å². The smallest absolute Gasteiger partial charge is 0.110 e. The van der Waals surface area contributed by atoms with Crippen LogP contribution in [0.1, 0.15) is 23.7 Å². The molecular formula is C10H17N3S. The Bertz CT molecular complexity index is 291. The predicted molar refractivity (Wildman–Crippen MR) is 59.7 cm³/mol. The van der Waals surface area contributed by atoms with Gasteiger partial charge >= 0.3 is 0 Å². The molecule has 3 nitrogen and oxygen atoms in total. The lowest BCUT2D eigenvalue weighted by Gasteiger charge is -2.31. The summed E-state index contributed by atoms with van der Waals surface area (Å²) in [5.74, 6) is 0. The van der Waals surface area contributed by atoms with E-state index in [9.17, 15) is 0 Å². The molecule has 0 amide bonds. The number of rotatable bonds is 2. The first kappa shape index (κ1) is 10.1. The van der Waals surface area contributed by atoms with Crippen LogP contribution >= 0.6 is 11.3 Å². The van der Waals surface area contributed by atoms with Gasteiger partial charge < -0.3 is 5.32 Å². The molecule has 1 aliphatic rings. The summed E-state index contributed by atoms with van der Waals surface area (Å²) in [4.78, 5) is 7.04. The molecule has 1 fully saturated rings. The van der Waals surface area contributed by atoms with E-state index >= 15 is 0 Å². The van der Waals surface area contributed by atoms with Gasteiger partial charge in [-0.05, 0) is 13.8 Å². The Kier molecular flexibility index (Phi) is 3.15. The average molecular weight is 211 g/mol. The van der Waals surface area contributed by atoms with Crippen LogP contribution in [0.3, 0.4) is 0 Å². The molecule has 0 spiro atoms. The van der Waals surface area contributed by atoms with Gasteiger partial charge in [-0.3, -0.25) is 4.90 Å². The highest BCUT2D eigenvalue weighted by Gasteiger charge is 2.19. The number of nitrogens with one attached hydrogen (secondary N) is 1. The van der Waals surface area contributed by atoms with Crippen molar-refractivity contribution in [3.05, 3.63) is 16.1 Å². The van der Waals surface area contributed by atoms with E-state index in [2.05, 4.69) is 34.4 Å². The fourth-order valence-corrected chi connectivity index (χ4v) is 2.68. The Morgan fingerprint density at radius 3 is 2.79 bits per heavy atom. The van der Waals surface area contributed by atoms with Crippen molar-refractivity contribution in [3.63, 3.8) is 0 Å².